The molecule has 0 aliphatic rings. The van der Waals surface area contributed by atoms with Crippen LogP contribution in [0, 0.1) is 20.8 Å². The van der Waals surface area contributed by atoms with Crippen LogP contribution in [0.2, 0.25) is 5.02 Å². The van der Waals surface area contributed by atoms with Crippen molar-refractivity contribution in [3.05, 3.63) is 45.8 Å². The number of anilines is 1. The monoisotopic (exact) mass is 264 g/mol. The molecule has 1 heterocycles. The molecule has 2 rings (SSSR count). The van der Waals surface area contributed by atoms with Crippen LogP contribution in [0.5, 0.6) is 0 Å². The fourth-order valence-corrected chi connectivity index (χ4v) is 1.99. The lowest BCUT2D eigenvalue weighted by Crippen LogP contribution is -2.14. The largest absolute Gasteiger partial charge is 0.361 e. The fraction of sp³-hybridized carbons (Fsp3) is 0.231. The summed E-state index contributed by atoms with van der Waals surface area (Å²) in [5, 5.41) is 7.22. The Balaban J connectivity index is 2.27. The Morgan fingerprint density at radius 2 is 2.06 bits per heavy atom. The zero-order chi connectivity index (χ0) is 13.3. The minimum absolute atomic E-state index is 0.225. The lowest BCUT2D eigenvalue weighted by molar-refractivity contribution is 0.102. The van der Waals surface area contributed by atoms with Gasteiger partial charge in [0, 0.05) is 10.7 Å². The van der Waals surface area contributed by atoms with Crippen LogP contribution in [0.25, 0.3) is 0 Å². The van der Waals surface area contributed by atoms with Crippen LogP contribution in [0.15, 0.2) is 22.7 Å². The lowest BCUT2D eigenvalue weighted by Gasteiger charge is -2.08. The number of nitrogens with one attached hydrogen (secondary N) is 1. The van der Waals surface area contributed by atoms with E-state index in [1.54, 1.807) is 32.0 Å². The first-order chi connectivity index (χ1) is 8.49. The minimum Gasteiger partial charge on any atom is -0.361 e. The molecule has 94 valence electrons. The van der Waals surface area contributed by atoms with Crippen LogP contribution in [-0.4, -0.2) is 11.1 Å². The Morgan fingerprint density at radius 3 is 2.61 bits per heavy atom. The SMILES string of the molecule is Cc1cc(Cl)ccc1NC(=O)c1c(C)noc1C. The van der Waals surface area contributed by atoms with E-state index in [1.165, 1.54) is 0 Å². The molecular formula is C13H13ClN2O2. The van der Waals surface area contributed by atoms with Gasteiger partial charge in [0.05, 0.1) is 5.69 Å². The van der Waals surface area contributed by atoms with E-state index in [-0.39, 0.29) is 5.91 Å². The zero-order valence-corrected chi connectivity index (χ0v) is 11.1. The highest BCUT2D eigenvalue weighted by molar-refractivity contribution is 6.30. The van der Waals surface area contributed by atoms with Gasteiger partial charge in [-0.25, -0.2) is 0 Å². The molecule has 0 unspecified atom stereocenters. The van der Waals surface area contributed by atoms with Gasteiger partial charge in [-0.1, -0.05) is 16.8 Å². The van der Waals surface area contributed by atoms with Crippen molar-refractivity contribution in [1.82, 2.24) is 5.16 Å². The van der Waals surface area contributed by atoms with Crippen molar-refractivity contribution in [2.45, 2.75) is 20.8 Å². The molecule has 1 aromatic heterocycles. The van der Waals surface area contributed by atoms with Crippen LogP contribution < -0.4 is 5.32 Å². The molecule has 0 aliphatic heterocycles. The maximum Gasteiger partial charge on any atom is 0.261 e. The fourth-order valence-electron chi connectivity index (χ4n) is 1.76. The van der Waals surface area contributed by atoms with E-state index in [4.69, 9.17) is 16.1 Å². The summed E-state index contributed by atoms with van der Waals surface area (Å²) >= 11 is 5.87. The van der Waals surface area contributed by atoms with Gasteiger partial charge >= 0.3 is 0 Å². The standard InChI is InChI=1S/C13H13ClN2O2/c1-7-6-10(14)4-5-11(7)15-13(17)12-8(2)16-18-9(12)3/h4-6H,1-3H3,(H,15,17). The molecule has 1 aromatic carbocycles. The van der Waals surface area contributed by atoms with Gasteiger partial charge in [0.2, 0.25) is 0 Å². The normalized spacial score (nSPS) is 10.4. The molecule has 0 radical (unpaired) electrons. The highest BCUT2D eigenvalue weighted by Crippen LogP contribution is 2.21. The molecule has 1 N–H and O–H groups in total. The molecule has 0 spiro atoms. The number of amides is 1. The molecule has 2 aromatic rings. The topological polar surface area (TPSA) is 55.1 Å². The number of rotatable bonds is 2. The van der Waals surface area contributed by atoms with Gasteiger partial charge < -0.3 is 9.84 Å². The van der Waals surface area contributed by atoms with Gasteiger partial charge in [-0.3, -0.25) is 4.79 Å². The number of carbonyl (C=O) groups is 1. The molecule has 18 heavy (non-hydrogen) atoms. The quantitative estimate of drug-likeness (QED) is 0.903. The minimum atomic E-state index is -0.225. The van der Waals surface area contributed by atoms with E-state index in [9.17, 15) is 4.79 Å². The molecular weight excluding hydrogens is 252 g/mol. The van der Waals surface area contributed by atoms with Crippen molar-refractivity contribution in [3.8, 4) is 0 Å². The third-order valence-corrected chi connectivity index (χ3v) is 2.93. The Hall–Kier alpha value is -1.81. The Labute approximate surface area is 110 Å². The van der Waals surface area contributed by atoms with Crippen molar-refractivity contribution in [3.63, 3.8) is 0 Å². The summed E-state index contributed by atoms with van der Waals surface area (Å²) in [5.41, 5.74) is 2.69. The van der Waals surface area contributed by atoms with Crippen LogP contribution in [0.4, 0.5) is 5.69 Å². The smallest absolute Gasteiger partial charge is 0.261 e. The molecule has 0 saturated carbocycles. The van der Waals surface area contributed by atoms with Crippen LogP contribution in [0.3, 0.4) is 0 Å². The van der Waals surface area contributed by atoms with E-state index in [0.717, 1.165) is 11.3 Å². The third-order valence-electron chi connectivity index (χ3n) is 2.70. The number of hydrogen-bond donors (Lipinski definition) is 1. The van der Waals surface area contributed by atoms with Crippen molar-refractivity contribution in [2.24, 2.45) is 0 Å². The first-order valence-corrected chi connectivity index (χ1v) is 5.87. The van der Waals surface area contributed by atoms with Crippen molar-refractivity contribution in [2.75, 3.05) is 5.32 Å². The molecule has 0 aliphatic carbocycles. The van der Waals surface area contributed by atoms with Gasteiger partial charge in [0.1, 0.15) is 11.3 Å². The van der Waals surface area contributed by atoms with E-state index in [1.807, 2.05) is 6.92 Å². The third kappa shape index (κ3) is 2.38. The molecule has 0 fully saturated rings. The molecule has 1 amide bonds. The second kappa shape index (κ2) is 4.82. The van der Waals surface area contributed by atoms with E-state index in [0.29, 0.717) is 22.0 Å². The van der Waals surface area contributed by atoms with Crippen molar-refractivity contribution >= 4 is 23.2 Å². The van der Waals surface area contributed by atoms with Crippen LogP contribution in [0.1, 0.15) is 27.4 Å². The van der Waals surface area contributed by atoms with Gasteiger partial charge in [0.25, 0.3) is 5.91 Å². The Bertz CT molecular complexity index is 586. The average Bonchev–Trinajstić information content (AvgIpc) is 2.62. The maximum absolute atomic E-state index is 12.1. The predicted octanol–water partition coefficient (Wildman–Crippen LogP) is 3.51. The number of aryl methyl sites for hydroxylation is 3. The summed E-state index contributed by atoms with van der Waals surface area (Å²) in [6.45, 7) is 5.33. The Kier molecular flexibility index (Phi) is 3.39. The number of hydrogen-bond acceptors (Lipinski definition) is 3. The van der Waals surface area contributed by atoms with E-state index >= 15 is 0 Å². The zero-order valence-electron chi connectivity index (χ0n) is 10.4. The van der Waals surface area contributed by atoms with Gasteiger partial charge in [-0.15, -0.1) is 0 Å². The summed E-state index contributed by atoms with van der Waals surface area (Å²) in [4.78, 5) is 12.1. The van der Waals surface area contributed by atoms with Gasteiger partial charge in [-0.05, 0) is 44.5 Å². The highest BCUT2D eigenvalue weighted by Gasteiger charge is 2.17. The summed E-state index contributed by atoms with van der Waals surface area (Å²) < 4.78 is 4.97. The maximum atomic E-state index is 12.1. The Morgan fingerprint density at radius 1 is 1.33 bits per heavy atom. The van der Waals surface area contributed by atoms with Crippen LogP contribution in [-0.2, 0) is 0 Å². The molecule has 5 heteroatoms. The predicted molar refractivity (Wildman–Crippen MR) is 70.1 cm³/mol. The molecule has 0 atom stereocenters. The van der Waals surface area contributed by atoms with Crippen LogP contribution >= 0.6 is 11.6 Å². The molecule has 0 bridgehead atoms. The number of nitrogens with zero attached hydrogens (tertiary/aromatic N) is 1. The number of benzene rings is 1. The number of aromatic nitrogens is 1. The molecule has 0 saturated heterocycles. The molecule has 4 nitrogen and oxygen atoms in total. The lowest BCUT2D eigenvalue weighted by atomic mass is 10.1. The first kappa shape index (κ1) is 12.6. The number of carbonyl (C=O) groups excluding carboxylic acids is 1. The van der Waals surface area contributed by atoms with E-state index in [2.05, 4.69) is 10.5 Å². The summed E-state index contributed by atoms with van der Waals surface area (Å²) in [6, 6.07) is 5.30. The summed E-state index contributed by atoms with van der Waals surface area (Å²) in [5.74, 6) is 0.285. The number of halogens is 1. The van der Waals surface area contributed by atoms with Crippen molar-refractivity contribution < 1.29 is 9.32 Å². The van der Waals surface area contributed by atoms with Crippen molar-refractivity contribution in [1.29, 1.82) is 0 Å². The second-order valence-corrected chi connectivity index (χ2v) is 4.55. The first-order valence-electron chi connectivity index (χ1n) is 5.49. The summed E-state index contributed by atoms with van der Waals surface area (Å²) in [6.07, 6.45) is 0. The highest BCUT2D eigenvalue weighted by atomic mass is 35.5. The average molecular weight is 265 g/mol. The van der Waals surface area contributed by atoms with E-state index < -0.39 is 0 Å². The van der Waals surface area contributed by atoms with Gasteiger partial charge in [-0.2, -0.15) is 0 Å². The second-order valence-electron chi connectivity index (χ2n) is 4.11. The summed E-state index contributed by atoms with van der Waals surface area (Å²) in [7, 11) is 0. The van der Waals surface area contributed by atoms with Gasteiger partial charge in [0.15, 0.2) is 0 Å².